The molecule has 0 saturated carbocycles. The van der Waals surface area contributed by atoms with Gasteiger partial charge < -0.3 is 10.6 Å². The van der Waals surface area contributed by atoms with Crippen LogP contribution in [0.15, 0.2) is 30.3 Å². The fourth-order valence-electron chi connectivity index (χ4n) is 2.07. The lowest BCUT2D eigenvalue weighted by Crippen LogP contribution is -2.28. The molecule has 1 aromatic rings. The van der Waals surface area contributed by atoms with Crippen molar-refractivity contribution in [3.05, 3.63) is 41.7 Å². The average molecular weight is 248 g/mol. The van der Waals surface area contributed by atoms with Crippen LogP contribution < -0.4 is 5.73 Å². The Morgan fingerprint density at radius 3 is 2.78 bits per heavy atom. The fourth-order valence-corrected chi connectivity index (χ4v) is 2.07. The van der Waals surface area contributed by atoms with Crippen LogP contribution in [0.2, 0.25) is 0 Å². The van der Waals surface area contributed by atoms with Crippen LogP contribution >= 0.6 is 0 Å². The third kappa shape index (κ3) is 3.17. The number of hydrogen-bond acceptors (Lipinski definition) is 2. The number of benzene rings is 1. The normalized spacial score (nSPS) is 19.7. The van der Waals surface area contributed by atoms with Gasteiger partial charge >= 0.3 is 0 Å². The van der Waals surface area contributed by atoms with Crippen LogP contribution in [0.4, 0.5) is 4.39 Å². The molecule has 0 radical (unpaired) electrons. The fraction of sp³-hybridized carbons (Fsp3) is 0.357. The van der Waals surface area contributed by atoms with Crippen molar-refractivity contribution in [2.45, 2.75) is 6.42 Å². The number of rotatable bonds is 3. The van der Waals surface area contributed by atoms with E-state index in [1.807, 2.05) is 0 Å². The highest BCUT2D eigenvalue weighted by atomic mass is 19.1. The van der Waals surface area contributed by atoms with Crippen LogP contribution in [0.5, 0.6) is 0 Å². The summed E-state index contributed by atoms with van der Waals surface area (Å²) in [6.07, 6.45) is 4.22. The summed E-state index contributed by atoms with van der Waals surface area (Å²) in [6.45, 7) is 2.14. The Labute approximate surface area is 106 Å². The van der Waals surface area contributed by atoms with Gasteiger partial charge in [-0.2, -0.15) is 0 Å². The van der Waals surface area contributed by atoms with Crippen molar-refractivity contribution in [3.63, 3.8) is 0 Å². The minimum Gasteiger partial charge on any atom is -0.339 e. The highest BCUT2D eigenvalue weighted by Crippen LogP contribution is 2.15. The number of carbonyl (C=O) groups is 1. The van der Waals surface area contributed by atoms with Crippen LogP contribution in [0.3, 0.4) is 0 Å². The summed E-state index contributed by atoms with van der Waals surface area (Å²) in [5.74, 6) is 0.146. The number of nitrogens with two attached hydrogens (primary N) is 1. The van der Waals surface area contributed by atoms with Crippen molar-refractivity contribution < 1.29 is 9.18 Å². The summed E-state index contributed by atoms with van der Waals surface area (Å²) in [7, 11) is 0. The molecule has 1 saturated heterocycles. The predicted octanol–water partition coefficient (Wildman–Crippen LogP) is 1.65. The van der Waals surface area contributed by atoms with Crippen LogP contribution in [0.1, 0.15) is 12.0 Å². The second-order valence-corrected chi connectivity index (χ2v) is 4.56. The van der Waals surface area contributed by atoms with Gasteiger partial charge in [-0.25, -0.2) is 4.39 Å². The lowest BCUT2D eigenvalue weighted by Gasteiger charge is -2.13. The number of nitrogens with zero attached hydrogens (tertiary/aromatic N) is 1. The third-order valence-corrected chi connectivity index (χ3v) is 3.22. The summed E-state index contributed by atoms with van der Waals surface area (Å²) < 4.78 is 12.7. The van der Waals surface area contributed by atoms with Crippen molar-refractivity contribution in [2.75, 3.05) is 19.6 Å². The molecule has 96 valence electrons. The second-order valence-electron chi connectivity index (χ2n) is 4.56. The largest absolute Gasteiger partial charge is 0.339 e. The van der Waals surface area contributed by atoms with Crippen LogP contribution in [-0.2, 0) is 4.79 Å². The Kier molecular flexibility index (Phi) is 4.10. The maximum Gasteiger partial charge on any atom is 0.246 e. The van der Waals surface area contributed by atoms with E-state index in [0.29, 0.717) is 12.5 Å². The second kappa shape index (κ2) is 5.78. The topological polar surface area (TPSA) is 46.3 Å². The van der Waals surface area contributed by atoms with E-state index in [1.54, 1.807) is 23.1 Å². The highest BCUT2D eigenvalue weighted by molar-refractivity contribution is 5.91. The molecule has 1 unspecified atom stereocenters. The van der Waals surface area contributed by atoms with E-state index in [-0.39, 0.29) is 11.7 Å². The van der Waals surface area contributed by atoms with Crippen molar-refractivity contribution in [1.82, 2.24) is 4.90 Å². The molecule has 1 amide bonds. The molecule has 2 rings (SSSR count). The predicted molar refractivity (Wildman–Crippen MR) is 69.2 cm³/mol. The van der Waals surface area contributed by atoms with Crippen LogP contribution in [0, 0.1) is 11.7 Å². The molecule has 0 aliphatic carbocycles. The van der Waals surface area contributed by atoms with Gasteiger partial charge in [0, 0.05) is 19.2 Å². The number of likely N-dealkylation sites (tertiary alicyclic amines) is 1. The standard InChI is InChI=1S/C14H17FN2O/c15-13-4-1-11(2-5-13)3-6-14(18)17-8-7-12(9-16)10-17/h1-6,12H,7-10,16H2/b6-3+. The third-order valence-electron chi connectivity index (χ3n) is 3.22. The zero-order chi connectivity index (χ0) is 13.0. The molecular weight excluding hydrogens is 231 g/mol. The maximum atomic E-state index is 12.7. The van der Waals surface area contributed by atoms with Gasteiger partial charge in [-0.1, -0.05) is 12.1 Å². The van der Waals surface area contributed by atoms with Crippen molar-refractivity contribution in [1.29, 1.82) is 0 Å². The first-order valence-electron chi connectivity index (χ1n) is 6.11. The van der Waals surface area contributed by atoms with E-state index in [2.05, 4.69) is 0 Å². The Morgan fingerprint density at radius 1 is 1.44 bits per heavy atom. The van der Waals surface area contributed by atoms with Gasteiger partial charge in [0.15, 0.2) is 0 Å². The van der Waals surface area contributed by atoms with Gasteiger partial charge in [0.25, 0.3) is 0 Å². The van der Waals surface area contributed by atoms with E-state index >= 15 is 0 Å². The molecule has 4 heteroatoms. The van der Waals surface area contributed by atoms with Gasteiger partial charge in [0.05, 0.1) is 0 Å². The minimum absolute atomic E-state index is 0.00437. The minimum atomic E-state index is -0.274. The van der Waals surface area contributed by atoms with Gasteiger partial charge in [0.1, 0.15) is 5.82 Å². The first kappa shape index (κ1) is 12.8. The molecule has 18 heavy (non-hydrogen) atoms. The van der Waals surface area contributed by atoms with Gasteiger partial charge in [-0.05, 0) is 42.7 Å². The Hall–Kier alpha value is -1.68. The quantitative estimate of drug-likeness (QED) is 0.827. The van der Waals surface area contributed by atoms with Crippen molar-refractivity contribution in [3.8, 4) is 0 Å². The molecule has 1 aliphatic heterocycles. The monoisotopic (exact) mass is 248 g/mol. The summed E-state index contributed by atoms with van der Waals surface area (Å²) >= 11 is 0. The lowest BCUT2D eigenvalue weighted by atomic mass is 10.1. The number of halogens is 1. The Balaban J connectivity index is 1.93. The highest BCUT2D eigenvalue weighted by Gasteiger charge is 2.23. The van der Waals surface area contributed by atoms with E-state index < -0.39 is 0 Å². The van der Waals surface area contributed by atoms with E-state index in [1.165, 1.54) is 18.2 Å². The molecule has 0 bridgehead atoms. The zero-order valence-electron chi connectivity index (χ0n) is 10.2. The van der Waals surface area contributed by atoms with E-state index in [0.717, 1.165) is 25.1 Å². The van der Waals surface area contributed by atoms with E-state index in [4.69, 9.17) is 5.73 Å². The number of carbonyl (C=O) groups excluding carboxylic acids is 1. The summed E-state index contributed by atoms with van der Waals surface area (Å²) in [5.41, 5.74) is 6.40. The van der Waals surface area contributed by atoms with Crippen molar-refractivity contribution >= 4 is 12.0 Å². The molecule has 1 heterocycles. The molecule has 0 aromatic heterocycles. The molecule has 3 nitrogen and oxygen atoms in total. The Bertz CT molecular complexity index is 442. The molecule has 1 atom stereocenters. The molecule has 2 N–H and O–H groups in total. The van der Waals surface area contributed by atoms with Gasteiger partial charge in [-0.3, -0.25) is 4.79 Å². The number of amides is 1. The Morgan fingerprint density at radius 2 is 2.17 bits per heavy atom. The molecule has 1 fully saturated rings. The smallest absolute Gasteiger partial charge is 0.246 e. The summed E-state index contributed by atoms with van der Waals surface area (Å²) in [6, 6.07) is 6.05. The van der Waals surface area contributed by atoms with Gasteiger partial charge in [-0.15, -0.1) is 0 Å². The summed E-state index contributed by atoms with van der Waals surface area (Å²) in [5, 5.41) is 0. The lowest BCUT2D eigenvalue weighted by molar-refractivity contribution is -0.125. The molecule has 0 spiro atoms. The van der Waals surface area contributed by atoms with Gasteiger partial charge in [0.2, 0.25) is 5.91 Å². The summed E-state index contributed by atoms with van der Waals surface area (Å²) in [4.78, 5) is 13.7. The van der Waals surface area contributed by atoms with Crippen LogP contribution in [-0.4, -0.2) is 30.4 Å². The average Bonchev–Trinajstić information content (AvgIpc) is 2.86. The van der Waals surface area contributed by atoms with Crippen molar-refractivity contribution in [2.24, 2.45) is 11.7 Å². The first-order chi connectivity index (χ1) is 8.69. The molecule has 1 aromatic carbocycles. The SMILES string of the molecule is NCC1CCN(C(=O)/C=C/c2ccc(F)cc2)C1. The number of hydrogen-bond donors (Lipinski definition) is 1. The van der Waals surface area contributed by atoms with Crippen LogP contribution in [0.25, 0.3) is 6.08 Å². The maximum absolute atomic E-state index is 12.7. The first-order valence-corrected chi connectivity index (χ1v) is 6.11. The zero-order valence-corrected chi connectivity index (χ0v) is 10.2. The molecule has 1 aliphatic rings. The molecular formula is C14H17FN2O. The van der Waals surface area contributed by atoms with E-state index in [9.17, 15) is 9.18 Å².